The fourth-order valence-corrected chi connectivity index (χ4v) is 4.41. The summed E-state index contributed by atoms with van der Waals surface area (Å²) in [6, 6.07) is 17.2. The Kier molecular flexibility index (Phi) is 4.49. The summed E-state index contributed by atoms with van der Waals surface area (Å²) in [5.41, 5.74) is 2.80. The van der Waals surface area contributed by atoms with E-state index in [1.54, 1.807) is 12.1 Å². The van der Waals surface area contributed by atoms with Crippen LogP contribution >= 0.6 is 0 Å². The molecule has 1 aliphatic rings. The Labute approximate surface area is 159 Å². The van der Waals surface area contributed by atoms with Gasteiger partial charge in [0.15, 0.2) is 0 Å². The van der Waals surface area contributed by atoms with Crippen molar-refractivity contribution in [2.45, 2.75) is 11.8 Å². The standard InChI is InChI=1S/C20H22N4O2S/c1-15-14-16-6-2-3-7-17(16)22-20(15)24-12-10-23(11-13-24)18-8-4-5-9-19(18)27(21,25)26/h2-9,14H,10-13H2,1H3,(H2,21,25,26). The Morgan fingerprint density at radius 1 is 0.926 bits per heavy atom. The van der Waals surface area contributed by atoms with E-state index in [2.05, 4.69) is 28.9 Å². The molecule has 0 saturated carbocycles. The number of anilines is 2. The molecule has 1 aromatic heterocycles. The van der Waals surface area contributed by atoms with Crippen LogP contribution in [0.15, 0.2) is 59.5 Å². The van der Waals surface area contributed by atoms with E-state index in [0.717, 1.165) is 35.4 Å². The Morgan fingerprint density at radius 3 is 2.30 bits per heavy atom. The molecule has 1 fully saturated rings. The molecule has 0 unspecified atom stereocenters. The van der Waals surface area contributed by atoms with Gasteiger partial charge in [-0.15, -0.1) is 0 Å². The van der Waals surface area contributed by atoms with Crippen molar-refractivity contribution in [1.82, 2.24) is 4.98 Å². The average molecular weight is 382 g/mol. The van der Waals surface area contributed by atoms with Crippen molar-refractivity contribution in [3.8, 4) is 0 Å². The van der Waals surface area contributed by atoms with Crippen LogP contribution in [0.1, 0.15) is 5.56 Å². The lowest BCUT2D eigenvalue weighted by Gasteiger charge is -2.37. The summed E-state index contributed by atoms with van der Waals surface area (Å²) in [5, 5.41) is 6.52. The second-order valence-corrected chi connectivity index (χ2v) is 8.34. The summed E-state index contributed by atoms with van der Waals surface area (Å²) in [5.74, 6) is 0.994. The summed E-state index contributed by atoms with van der Waals surface area (Å²) in [4.78, 5) is 9.36. The van der Waals surface area contributed by atoms with Crippen LogP contribution in [-0.4, -0.2) is 39.6 Å². The van der Waals surface area contributed by atoms with E-state index in [1.807, 2.05) is 30.3 Å². The molecule has 0 atom stereocenters. The maximum absolute atomic E-state index is 11.9. The van der Waals surface area contributed by atoms with Crippen LogP contribution in [0, 0.1) is 6.92 Å². The lowest BCUT2D eigenvalue weighted by molar-refractivity contribution is 0.595. The number of rotatable bonds is 3. The number of nitrogens with zero attached hydrogens (tertiary/aromatic N) is 3. The van der Waals surface area contributed by atoms with Crippen LogP contribution in [0.2, 0.25) is 0 Å². The lowest BCUT2D eigenvalue weighted by Crippen LogP contribution is -2.47. The number of aryl methyl sites for hydroxylation is 1. The first-order chi connectivity index (χ1) is 12.9. The van der Waals surface area contributed by atoms with E-state index in [0.29, 0.717) is 18.8 Å². The molecule has 1 aliphatic heterocycles. The number of nitrogens with two attached hydrogens (primary N) is 1. The molecule has 7 heteroatoms. The number of hydrogen-bond donors (Lipinski definition) is 1. The summed E-state index contributed by atoms with van der Waals surface area (Å²) in [6.45, 7) is 5.04. The highest BCUT2D eigenvalue weighted by Crippen LogP contribution is 2.28. The molecule has 2 N–H and O–H groups in total. The second-order valence-electron chi connectivity index (χ2n) is 6.81. The van der Waals surface area contributed by atoms with Gasteiger partial charge in [-0.05, 0) is 36.8 Å². The minimum atomic E-state index is -3.75. The number of hydrogen-bond acceptors (Lipinski definition) is 5. The molecule has 6 nitrogen and oxygen atoms in total. The predicted molar refractivity (Wildman–Crippen MR) is 109 cm³/mol. The minimum absolute atomic E-state index is 0.179. The fourth-order valence-electron chi connectivity index (χ4n) is 3.65. The van der Waals surface area contributed by atoms with E-state index in [4.69, 9.17) is 10.1 Å². The lowest BCUT2D eigenvalue weighted by atomic mass is 10.1. The Hall–Kier alpha value is -2.64. The molecule has 4 rings (SSSR count). The van der Waals surface area contributed by atoms with Crippen LogP contribution in [0.3, 0.4) is 0 Å². The van der Waals surface area contributed by atoms with Gasteiger partial charge in [0.2, 0.25) is 10.0 Å². The largest absolute Gasteiger partial charge is 0.367 e. The SMILES string of the molecule is Cc1cc2ccccc2nc1N1CCN(c2ccccc2S(N)(=O)=O)CC1. The van der Waals surface area contributed by atoms with E-state index >= 15 is 0 Å². The summed E-state index contributed by atoms with van der Waals surface area (Å²) < 4.78 is 23.8. The smallest absolute Gasteiger partial charge is 0.240 e. The third-order valence-electron chi connectivity index (χ3n) is 4.98. The van der Waals surface area contributed by atoms with Crippen molar-refractivity contribution >= 4 is 32.4 Å². The molecular weight excluding hydrogens is 360 g/mol. The number of fused-ring (bicyclic) bond motifs is 1. The van der Waals surface area contributed by atoms with Gasteiger partial charge in [-0.2, -0.15) is 0 Å². The van der Waals surface area contributed by atoms with Crippen molar-refractivity contribution in [2.75, 3.05) is 36.0 Å². The van der Waals surface area contributed by atoms with Gasteiger partial charge >= 0.3 is 0 Å². The maximum Gasteiger partial charge on any atom is 0.240 e. The van der Waals surface area contributed by atoms with Gasteiger partial charge in [0.05, 0.1) is 11.2 Å². The molecule has 140 valence electrons. The zero-order valence-corrected chi connectivity index (χ0v) is 16.0. The van der Waals surface area contributed by atoms with Gasteiger partial charge in [-0.3, -0.25) is 0 Å². The van der Waals surface area contributed by atoms with Crippen molar-refractivity contribution in [3.63, 3.8) is 0 Å². The Bertz CT molecular complexity index is 1090. The summed E-state index contributed by atoms with van der Waals surface area (Å²) in [6.07, 6.45) is 0. The molecule has 0 bridgehead atoms. The van der Waals surface area contributed by atoms with Crippen LogP contribution in [0.5, 0.6) is 0 Å². The van der Waals surface area contributed by atoms with Crippen LogP contribution < -0.4 is 14.9 Å². The highest BCUT2D eigenvalue weighted by molar-refractivity contribution is 7.89. The predicted octanol–water partition coefficient (Wildman–Crippen LogP) is 2.52. The number of benzene rings is 2. The third kappa shape index (κ3) is 3.48. The molecule has 0 radical (unpaired) electrons. The first kappa shape index (κ1) is 17.8. The molecule has 2 heterocycles. The number of primary sulfonamides is 1. The van der Waals surface area contributed by atoms with Gasteiger partial charge in [-0.25, -0.2) is 18.5 Å². The number of piperazine rings is 1. The van der Waals surface area contributed by atoms with E-state index in [9.17, 15) is 8.42 Å². The average Bonchev–Trinajstić information content (AvgIpc) is 2.67. The molecule has 2 aromatic carbocycles. The van der Waals surface area contributed by atoms with Gasteiger partial charge in [-0.1, -0.05) is 30.3 Å². The zero-order valence-electron chi connectivity index (χ0n) is 15.2. The molecular formula is C20H22N4O2S. The minimum Gasteiger partial charge on any atom is -0.367 e. The van der Waals surface area contributed by atoms with Crippen molar-refractivity contribution in [2.24, 2.45) is 5.14 Å². The highest BCUT2D eigenvalue weighted by Gasteiger charge is 2.24. The maximum atomic E-state index is 11.9. The molecule has 0 spiro atoms. The summed E-state index contributed by atoms with van der Waals surface area (Å²) in [7, 11) is -3.75. The van der Waals surface area contributed by atoms with E-state index in [1.165, 1.54) is 0 Å². The molecule has 0 amide bonds. The van der Waals surface area contributed by atoms with Gasteiger partial charge in [0.25, 0.3) is 0 Å². The van der Waals surface area contributed by atoms with Gasteiger partial charge in [0, 0.05) is 31.6 Å². The topological polar surface area (TPSA) is 79.5 Å². The second kappa shape index (κ2) is 6.83. The highest BCUT2D eigenvalue weighted by atomic mass is 32.2. The van der Waals surface area contributed by atoms with Crippen molar-refractivity contribution in [1.29, 1.82) is 0 Å². The van der Waals surface area contributed by atoms with Crippen molar-refractivity contribution in [3.05, 3.63) is 60.2 Å². The number of sulfonamides is 1. The Morgan fingerprint density at radius 2 is 1.56 bits per heavy atom. The fraction of sp³-hybridized carbons (Fsp3) is 0.250. The van der Waals surface area contributed by atoms with Gasteiger partial charge < -0.3 is 9.80 Å². The van der Waals surface area contributed by atoms with Crippen molar-refractivity contribution < 1.29 is 8.42 Å². The van der Waals surface area contributed by atoms with Crippen LogP contribution in [0.25, 0.3) is 10.9 Å². The quantitative estimate of drug-likeness (QED) is 0.753. The van der Waals surface area contributed by atoms with E-state index in [-0.39, 0.29) is 4.90 Å². The number of aromatic nitrogens is 1. The molecule has 3 aromatic rings. The van der Waals surface area contributed by atoms with Gasteiger partial charge in [0.1, 0.15) is 10.7 Å². The first-order valence-corrected chi connectivity index (χ1v) is 10.5. The van der Waals surface area contributed by atoms with Crippen LogP contribution in [0.4, 0.5) is 11.5 Å². The van der Waals surface area contributed by atoms with Crippen LogP contribution in [-0.2, 0) is 10.0 Å². The third-order valence-corrected chi connectivity index (χ3v) is 5.94. The number of para-hydroxylation sites is 2. The molecule has 0 aliphatic carbocycles. The summed E-state index contributed by atoms with van der Waals surface area (Å²) >= 11 is 0. The first-order valence-electron chi connectivity index (χ1n) is 8.91. The zero-order chi connectivity index (χ0) is 19.0. The number of pyridine rings is 1. The monoisotopic (exact) mass is 382 g/mol. The van der Waals surface area contributed by atoms with E-state index < -0.39 is 10.0 Å². The Balaban J connectivity index is 1.58. The molecule has 1 saturated heterocycles. The molecule has 27 heavy (non-hydrogen) atoms. The normalized spacial score (nSPS) is 15.3.